The smallest absolute Gasteiger partial charge is 0.379 e. The third kappa shape index (κ3) is 4.63. The summed E-state index contributed by atoms with van der Waals surface area (Å²) in [4.78, 5) is 21.6. The van der Waals surface area contributed by atoms with Crippen LogP contribution in [0.4, 0.5) is 0 Å². The summed E-state index contributed by atoms with van der Waals surface area (Å²) in [6, 6.07) is 0. The summed E-state index contributed by atoms with van der Waals surface area (Å²) in [7, 11) is 1.08. The summed E-state index contributed by atoms with van der Waals surface area (Å²) < 4.78 is 13.3. The van der Waals surface area contributed by atoms with Crippen molar-refractivity contribution < 1.29 is 23.8 Å². The number of ketones is 1. The monoisotopic (exact) mass is 234 g/mol. The van der Waals surface area contributed by atoms with Crippen molar-refractivity contribution in [1.82, 2.24) is 0 Å². The number of carbonyl (C=O) groups is 2. The molecular formula is C7H6O5S2. The van der Waals surface area contributed by atoms with E-state index in [2.05, 4.69) is 38.6 Å². The molecule has 0 saturated carbocycles. The van der Waals surface area contributed by atoms with E-state index in [0.717, 1.165) is 24.3 Å². The van der Waals surface area contributed by atoms with Crippen molar-refractivity contribution in [2.45, 2.75) is 0 Å². The first-order valence-corrected chi connectivity index (χ1v) is 4.14. The lowest BCUT2D eigenvalue weighted by Crippen LogP contribution is -2.14. The van der Waals surface area contributed by atoms with Gasteiger partial charge in [0.05, 0.1) is 13.2 Å². The Labute approximate surface area is 90.6 Å². The van der Waals surface area contributed by atoms with E-state index in [4.69, 9.17) is 0 Å². The highest BCUT2D eigenvalue weighted by molar-refractivity contribution is 7.78. The lowest BCUT2D eigenvalue weighted by atomic mass is 10.4. The molecule has 0 radical (unpaired) electrons. The van der Waals surface area contributed by atoms with Gasteiger partial charge in [-0.05, 0) is 24.4 Å². The van der Waals surface area contributed by atoms with Crippen LogP contribution in [0, 0.1) is 0 Å². The second-order valence-electron chi connectivity index (χ2n) is 1.75. The highest BCUT2D eigenvalue weighted by atomic mass is 32.1. The van der Waals surface area contributed by atoms with E-state index < -0.39 is 11.8 Å². The third-order valence-corrected chi connectivity index (χ3v) is 1.16. The highest BCUT2D eigenvalue weighted by Crippen LogP contribution is 1.98. The molecule has 7 heteroatoms. The molecule has 0 N–H and O–H groups in total. The van der Waals surface area contributed by atoms with E-state index in [1.807, 2.05) is 0 Å². The van der Waals surface area contributed by atoms with Crippen LogP contribution in [-0.4, -0.2) is 30.0 Å². The Bertz CT molecular complexity index is 272. The lowest BCUT2D eigenvalue weighted by molar-refractivity contribution is -0.149. The van der Waals surface area contributed by atoms with Gasteiger partial charge in [-0.1, -0.05) is 0 Å². The van der Waals surface area contributed by atoms with Crippen LogP contribution in [0.5, 0.6) is 0 Å². The van der Waals surface area contributed by atoms with E-state index in [1.54, 1.807) is 0 Å². The number of hydrogen-bond acceptors (Lipinski definition) is 7. The van der Waals surface area contributed by atoms with Gasteiger partial charge in [-0.2, -0.15) is 0 Å². The average Bonchev–Trinajstić information content (AvgIpc) is 2.17. The Morgan fingerprint density at radius 2 is 1.64 bits per heavy atom. The Morgan fingerprint density at radius 3 is 2.00 bits per heavy atom. The summed E-state index contributed by atoms with van der Waals surface area (Å²) in [5, 5.41) is 0. The number of methoxy groups -OCH3 is 1. The van der Waals surface area contributed by atoms with Crippen LogP contribution >= 0.6 is 24.4 Å². The van der Waals surface area contributed by atoms with Crippen molar-refractivity contribution >= 4 is 47.3 Å². The second kappa shape index (κ2) is 7.10. The van der Waals surface area contributed by atoms with E-state index in [0.29, 0.717) is 0 Å². The van der Waals surface area contributed by atoms with Crippen LogP contribution in [0.1, 0.15) is 0 Å². The second-order valence-corrected chi connectivity index (χ2v) is 2.13. The van der Waals surface area contributed by atoms with Gasteiger partial charge in [-0.15, -0.1) is 0 Å². The molecule has 0 heterocycles. The molecule has 0 aromatic carbocycles. The minimum atomic E-state index is -1.04. The highest BCUT2D eigenvalue weighted by Gasteiger charge is 2.13. The van der Waals surface area contributed by atoms with E-state index >= 15 is 0 Å². The van der Waals surface area contributed by atoms with Crippen molar-refractivity contribution in [3.63, 3.8) is 0 Å². The Balaban J connectivity index is 4.53. The normalized spacial score (nSPS) is 8.07. The molecule has 0 aliphatic rings. The van der Waals surface area contributed by atoms with Gasteiger partial charge < -0.3 is 14.2 Å². The van der Waals surface area contributed by atoms with E-state index in [-0.39, 0.29) is 5.95 Å². The summed E-state index contributed by atoms with van der Waals surface area (Å²) in [5.41, 5.74) is 1.71. The number of hydrogen-bond donors (Lipinski definition) is 0. The summed E-state index contributed by atoms with van der Waals surface area (Å²) in [6.07, 6.45) is 0.775. The molecule has 0 atom stereocenters. The maximum absolute atomic E-state index is 10.9. The predicted octanol–water partition coefficient (Wildman–Crippen LogP) is 0.517. The quantitative estimate of drug-likeness (QED) is 0.218. The summed E-state index contributed by atoms with van der Waals surface area (Å²) >= 11 is 8.69. The molecule has 0 bridgehead atoms. The Hall–Kier alpha value is -1.34. The standard InChI is InChI=1S/C7H6O5S2/c1-10-7(9)5(8)2-6(11-3-13)12-4-14/h2-4H,1H3. The SMILES string of the molecule is COC(=O)C(=O)C=C(OC=S)OC=S. The molecule has 5 nitrogen and oxygen atoms in total. The molecule has 0 fully saturated rings. The van der Waals surface area contributed by atoms with Gasteiger partial charge in [-0.25, -0.2) is 4.79 Å². The van der Waals surface area contributed by atoms with Gasteiger partial charge in [0.1, 0.15) is 0 Å². The van der Waals surface area contributed by atoms with Crippen LogP contribution in [-0.2, 0) is 23.8 Å². The van der Waals surface area contributed by atoms with E-state index in [1.165, 1.54) is 0 Å². The first-order chi connectivity index (χ1) is 6.65. The maximum atomic E-state index is 10.9. The number of ether oxygens (including phenoxy) is 3. The number of rotatable bonds is 6. The van der Waals surface area contributed by atoms with Gasteiger partial charge in [0.2, 0.25) is 0 Å². The van der Waals surface area contributed by atoms with Gasteiger partial charge in [0, 0.05) is 0 Å². The molecular weight excluding hydrogens is 228 g/mol. The Kier molecular flexibility index (Phi) is 6.42. The molecule has 0 spiro atoms. The fourth-order valence-electron chi connectivity index (χ4n) is 0.457. The zero-order valence-corrected chi connectivity index (χ0v) is 8.72. The maximum Gasteiger partial charge on any atom is 0.379 e. The van der Waals surface area contributed by atoms with Gasteiger partial charge in [0.25, 0.3) is 11.7 Å². The topological polar surface area (TPSA) is 61.8 Å². The van der Waals surface area contributed by atoms with Gasteiger partial charge in [0.15, 0.2) is 11.1 Å². The van der Waals surface area contributed by atoms with Crippen LogP contribution in [0.2, 0.25) is 0 Å². The fraction of sp³-hybridized carbons (Fsp3) is 0.143. The molecule has 0 amide bonds. The lowest BCUT2D eigenvalue weighted by Gasteiger charge is -2.01. The molecule has 0 aliphatic carbocycles. The van der Waals surface area contributed by atoms with Crippen LogP contribution in [0.25, 0.3) is 0 Å². The van der Waals surface area contributed by atoms with Crippen LogP contribution in [0.3, 0.4) is 0 Å². The molecule has 0 aliphatic heterocycles. The summed E-state index contributed by atoms with van der Waals surface area (Å²) in [5.74, 6) is -2.26. The minimum absolute atomic E-state index is 0.287. The molecule has 14 heavy (non-hydrogen) atoms. The molecule has 0 unspecified atom stereocenters. The number of esters is 1. The molecule has 0 rings (SSSR count). The van der Waals surface area contributed by atoms with E-state index in [9.17, 15) is 9.59 Å². The van der Waals surface area contributed by atoms with Crippen molar-refractivity contribution in [2.24, 2.45) is 0 Å². The number of thiocarbonyl (C=S) groups is 2. The molecule has 0 aromatic rings. The fourth-order valence-corrected chi connectivity index (χ4v) is 0.647. The van der Waals surface area contributed by atoms with Crippen molar-refractivity contribution in [2.75, 3.05) is 7.11 Å². The van der Waals surface area contributed by atoms with Gasteiger partial charge in [-0.3, -0.25) is 4.79 Å². The largest absolute Gasteiger partial charge is 0.463 e. The zero-order valence-electron chi connectivity index (χ0n) is 7.09. The number of carbonyl (C=O) groups excluding carboxylic acids is 2. The molecule has 0 aromatic heterocycles. The van der Waals surface area contributed by atoms with Crippen LogP contribution < -0.4 is 0 Å². The van der Waals surface area contributed by atoms with Crippen LogP contribution in [0.15, 0.2) is 12.0 Å². The predicted molar refractivity (Wildman–Crippen MR) is 54.6 cm³/mol. The zero-order chi connectivity index (χ0) is 11.0. The minimum Gasteiger partial charge on any atom is -0.463 e. The van der Waals surface area contributed by atoms with Crippen molar-refractivity contribution in [3.05, 3.63) is 12.0 Å². The van der Waals surface area contributed by atoms with Gasteiger partial charge >= 0.3 is 5.97 Å². The first kappa shape index (κ1) is 12.7. The van der Waals surface area contributed by atoms with Crippen molar-refractivity contribution in [3.8, 4) is 0 Å². The molecule has 0 saturated heterocycles. The average molecular weight is 234 g/mol. The van der Waals surface area contributed by atoms with Crippen molar-refractivity contribution in [1.29, 1.82) is 0 Å². The molecule has 76 valence electrons. The Morgan fingerprint density at radius 1 is 1.14 bits per heavy atom. The third-order valence-electron chi connectivity index (χ3n) is 0.964. The first-order valence-electron chi connectivity index (χ1n) is 3.20. The summed E-state index contributed by atoms with van der Waals surface area (Å²) in [6.45, 7) is 0.